The van der Waals surface area contributed by atoms with Crippen LogP contribution in [0.1, 0.15) is 12.0 Å². The van der Waals surface area contributed by atoms with Crippen LogP contribution in [0.5, 0.6) is 0 Å². The number of aromatic amines is 1. The largest absolute Gasteiger partial charge is 0.352 e. The standard InChI is InChI=1S/C16H18N6O3S/c1-21-14-13(10-18-21)15(23)20-16(19-14)17-9-11-3-5-12(6-4-11)22-7-2-8-26(22,24)25/h3-6,10H,2,7-9H2,1H3,(H2,17,19,20,23). The maximum atomic E-state index is 12.0. The molecule has 0 saturated carbocycles. The van der Waals surface area contributed by atoms with Crippen molar-refractivity contribution >= 4 is 32.7 Å². The number of H-pyrrole nitrogens is 1. The number of fused-ring (bicyclic) bond motifs is 1. The van der Waals surface area contributed by atoms with Gasteiger partial charge >= 0.3 is 0 Å². The molecule has 3 aromatic rings. The molecule has 4 rings (SSSR count). The van der Waals surface area contributed by atoms with Crippen molar-refractivity contribution in [2.75, 3.05) is 21.9 Å². The minimum absolute atomic E-state index is 0.200. The van der Waals surface area contributed by atoms with Crippen molar-refractivity contribution in [1.82, 2.24) is 19.7 Å². The normalized spacial score (nSPS) is 16.3. The van der Waals surface area contributed by atoms with Gasteiger partial charge in [-0.3, -0.25) is 18.8 Å². The van der Waals surface area contributed by atoms with Crippen LogP contribution in [0.4, 0.5) is 11.6 Å². The van der Waals surface area contributed by atoms with Crippen molar-refractivity contribution in [1.29, 1.82) is 0 Å². The molecule has 1 aliphatic rings. The van der Waals surface area contributed by atoms with Gasteiger partial charge in [-0.15, -0.1) is 0 Å². The fraction of sp³-hybridized carbons (Fsp3) is 0.312. The average Bonchev–Trinajstić information content (AvgIpc) is 3.16. The molecule has 2 aromatic heterocycles. The Morgan fingerprint density at radius 2 is 2.04 bits per heavy atom. The molecule has 10 heteroatoms. The number of sulfonamides is 1. The lowest BCUT2D eigenvalue weighted by atomic mass is 10.2. The highest BCUT2D eigenvalue weighted by Gasteiger charge is 2.28. The number of benzene rings is 1. The lowest BCUT2D eigenvalue weighted by Crippen LogP contribution is -2.24. The van der Waals surface area contributed by atoms with E-state index in [1.54, 1.807) is 23.9 Å². The number of anilines is 2. The Morgan fingerprint density at radius 1 is 1.27 bits per heavy atom. The van der Waals surface area contributed by atoms with Crippen LogP contribution in [0.15, 0.2) is 35.3 Å². The molecule has 0 atom stereocenters. The fourth-order valence-electron chi connectivity index (χ4n) is 3.01. The molecule has 1 aromatic carbocycles. The van der Waals surface area contributed by atoms with Crippen molar-refractivity contribution in [3.8, 4) is 0 Å². The van der Waals surface area contributed by atoms with Crippen molar-refractivity contribution in [2.45, 2.75) is 13.0 Å². The molecule has 136 valence electrons. The minimum atomic E-state index is -3.17. The van der Waals surface area contributed by atoms with Crippen LogP contribution < -0.4 is 15.2 Å². The molecule has 3 heterocycles. The second kappa shape index (κ2) is 6.13. The first kappa shape index (κ1) is 16.6. The van der Waals surface area contributed by atoms with Gasteiger partial charge in [0.15, 0.2) is 5.65 Å². The summed E-state index contributed by atoms with van der Waals surface area (Å²) < 4.78 is 26.9. The summed E-state index contributed by atoms with van der Waals surface area (Å²) in [6, 6.07) is 7.30. The first-order chi connectivity index (χ1) is 12.4. The average molecular weight is 374 g/mol. The van der Waals surface area contributed by atoms with Gasteiger partial charge in [-0.1, -0.05) is 12.1 Å². The van der Waals surface area contributed by atoms with E-state index in [0.717, 1.165) is 5.56 Å². The van der Waals surface area contributed by atoms with Gasteiger partial charge in [0.2, 0.25) is 16.0 Å². The van der Waals surface area contributed by atoms with E-state index in [4.69, 9.17) is 0 Å². The lowest BCUT2D eigenvalue weighted by Gasteiger charge is -2.17. The minimum Gasteiger partial charge on any atom is -0.352 e. The van der Waals surface area contributed by atoms with Gasteiger partial charge in [-0.05, 0) is 24.1 Å². The summed E-state index contributed by atoms with van der Waals surface area (Å²) in [6.45, 7) is 0.967. The molecule has 0 aliphatic carbocycles. The molecule has 1 saturated heterocycles. The van der Waals surface area contributed by atoms with Gasteiger partial charge in [0.05, 0.1) is 17.6 Å². The van der Waals surface area contributed by atoms with Gasteiger partial charge in [0.25, 0.3) is 5.56 Å². The molecular weight excluding hydrogens is 356 g/mol. The van der Waals surface area contributed by atoms with Crippen molar-refractivity contribution in [3.63, 3.8) is 0 Å². The first-order valence-corrected chi connectivity index (χ1v) is 9.80. The quantitative estimate of drug-likeness (QED) is 0.699. The molecule has 1 fully saturated rings. The molecule has 0 radical (unpaired) electrons. The van der Waals surface area contributed by atoms with E-state index in [-0.39, 0.29) is 11.3 Å². The Labute approximate surface area is 149 Å². The monoisotopic (exact) mass is 374 g/mol. The molecule has 0 spiro atoms. The van der Waals surface area contributed by atoms with Gasteiger partial charge in [0, 0.05) is 20.1 Å². The Bertz CT molecular complexity index is 1120. The second-order valence-corrected chi connectivity index (χ2v) is 8.19. The van der Waals surface area contributed by atoms with Gasteiger partial charge in [-0.2, -0.15) is 10.1 Å². The van der Waals surface area contributed by atoms with Crippen LogP contribution in [0.2, 0.25) is 0 Å². The Kier molecular flexibility index (Phi) is 3.91. The predicted molar refractivity (Wildman–Crippen MR) is 98.6 cm³/mol. The van der Waals surface area contributed by atoms with Crippen LogP contribution in [0.25, 0.3) is 11.0 Å². The van der Waals surface area contributed by atoms with Crippen molar-refractivity contribution < 1.29 is 8.42 Å². The highest BCUT2D eigenvalue weighted by atomic mass is 32.2. The number of aromatic nitrogens is 4. The smallest absolute Gasteiger partial charge is 0.263 e. The molecule has 1 aliphatic heterocycles. The number of nitrogens with zero attached hydrogens (tertiary/aromatic N) is 4. The zero-order valence-electron chi connectivity index (χ0n) is 14.1. The van der Waals surface area contributed by atoms with Crippen LogP contribution in [0, 0.1) is 0 Å². The molecule has 26 heavy (non-hydrogen) atoms. The van der Waals surface area contributed by atoms with Crippen LogP contribution in [-0.2, 0) is 23.6 Å². The summed E-state index contributed by atoms with van der Waals surface area (Å²) in [7, 11) is -1.45. The van der Waals surface area contributed by atoms with Crippen LogP contribution in [-0.4, -0.2) is 40.5 Å². The van der Waals surface area contributed by atoms with Gasteiger partial charge < -0.3 is 5.32 Å². The molecule has 0 unspecified atom stereocenters. The van der Waals surface area contributed by atoms with E-state index in [1.165, 1.54) is 10.5 Å². The molecule has 0 amide bonds. The van der Waals surface area contributed by atoms with Gasteiger partial charge in [-0.25, -0.2) is 8.42 Å². The van der Waals surface area contributed by atoms with E-state index in [9.17, 15) is 13.2 Å². The third kappa shape index (κ3) is 2.92. The number of hydrogen-bond acceptors (Lipinski definition) is 6. The van der Waals surface area contributed by atoms with Crippen molar-refractivity contribution in [3.05, 3.63) is 46.4 Å². The van der Waals surface area contributed by atoms with E-state index < -0.39 is 10.0 Å². The second-order valence-electron chi connectivity index (χ2n) is 6.18. The molecule has 0 bridgehead atoms. The Morgan fingerprint density at radius 3 is 2.73 bits per heavy atom. The lowest BCUT2D eigenvalue weighted by molar-refractivity contribution is 0.599. The zero-order valence-corrected chi connectivity index (χ0v) is 15.0. The van der Waals surface area contributed by atoms with Gasteiger partial charge in [0.1, 0.15) is 5.39 Å². The molecule has 9 nitrogen and oxygen atoms in total. The summed E-state index contributed by atoms with van der Waals surface area (Å²) in [6.07, 6.45) is 2.14. The topological polar surface area (TPSA) is 113 Å². The first-order valence-electron chi connectivity index (χ1n) is 8.19. The summed E-state index contributed by atoms with van der Waals surface area (Å²) >= 11 is 0. The summed E-state index contributed by atoms with van der Waals surface area (Å²) in [5.74, 6) is 0.559. The number of nitrogens with one attached hydrogen (secondary N) is 2. The van der Waals surface area contributed by atoms with Crippen LogP contribution in [0.3, 0.4) is 0 Å². The third-order valence-electron chi connectivity index (χ3n) is 4.39. The highest BCUT2D eigenvalue weighted by Crippen LogP contribution is 2.24. The Balaban J connectivity index is 1.50. The number of aryl methyl sites for hydroxylation is 1. The highest BCUT2D eigenvalue weighted by molar-refractivity contribution is 7.93. The number of rotatable bonds is 4. The summed E-state index contributed by atoms with van der Waals surface area (Å²) in [5.41, 5.74) is 1.87. The third-order valence-corrected chi connectivity index (χ3v) is 6.25. The van der Waals surface area contributed by atoms with Crippen LogP contribution >= 0.6 is 0 Å². The van der Waals surface area contributed by atoms with E-state index in [2.05, 4.69) is 20.4 Å². The molecular formula is C16H18N6O3S. The fourth-order valence-corrected chi connectivity index (χ4v) is 4.58. The number of hydrogen-bond donors (Lipinski definition) is 2. The van der Waals surface area contributed by atoms with Crippen molar-refractivity contribution in [2.24, 2.45) is 7.05 Å². The maximum absolute atomic E-state index is 12.0. The van der Waals surface area contributed by atoms with E-state index in [0.29, 0.717) is 42.2 Å². The van der Waals surface area contributed by atoms with E-state index >= 15 is 0 Å². The zero-order chi connectivity index (χ0) is 18.3. The predicted octanol–water partition coefficient (Wildman–Crippen LogP) is 0.809. The summed E-state index contributed by atoms with van der Waals surface area (Å²) in [5, 5.41) is 7.54. The van der Waals surface area contributed by atoms with E-state index in [1.807, 2.05) is 12.1 Å². The maximum Gasteiger partial charge on any atom is 0.263 e. The summed E-state index contributed by atoms with van der Waals surface area (Å²) in [4.78, 5) is 19.1. The molecule has 2 N–H and O–H groups in total. The Hall–Kier alpha value is -2.88. The SMILES string of the molecule is Cn1ncc2c(=O)[nH]c(NCc3ccc(N4CCCS4(=O)=O)cc3)nc21.